The monoisotopic (exact) mass is 724 g/mol. The summed E-state index contributed by atoms with van der Waals surface area (Å²) in [5.74, 6) is -4.20. The number of carbonyl (C=O) groups excluding carboxylic acids is 6. The van der Waals surface area contributed by atoms with E-state index in [9.17, 15) is 38.7 Å². The van der Waals surface area contributed by atoms with Gasteiger partial charge in [0, 0.05) is 26.2 Å². The van der Waals surface area contributed by atoms with Gasteiger partial charge < -0.3 is 30.9 Å². The minimum Gasteiger partial charge on any atom is -0.465 e. The molecule has 4 N–H and O–H groups in total. The lowest BCUT2D eigenvalue weighted by molar-refractivity contribution is -0.149. The minimum atomic E-state index is -1.25. The van der Waals surface area contributed by atoms with Crippen molar-refractivity contribution in [1.82, 2.24) is 30.7 Å². The average molecular weight is 725 g/mol. The number of carboxylic acid groups (broad SMARTS) is 1. The summed E-state index contributed by atoms with van der Waals surface area (Å²) < 4.78 is 0. The van der Waals surface area contributed by atoms with Crippen molar-refractivity contribution >= 4 is 41.4 Å². The molecule has 3 fully saturated rings. The summed E-state index contributed by atoms with van der Waals surface area (Å²) in [5, 5.41) is 18.0. The highest BCUT2D eigenvalue weighted by Gasteiger charge is 2.70. The summed E-state index contributed by atoms with van der Waals surface area (Å²) in [4.78, 5) is 97.7. The van der Waals surface area contributed by atoms with Gasteiger partial charge in [-0.05, 0) is 61.3 Å². The van der Waals surface area contributed by atoms with Crippen LogP contribution in [0.15, 0.2) is 30.3 Å². The zero-order valence-electron chi connectivity index (χ0n) is 32.1. The molecule has 0 spiro atoms. The SMILES string of the molecule is CN(C)C(=O)[C@@H](NC(=O)CNC(=O)C(=O)C(CC1CC1)NC(=O)C1[C@@H]2[C@H](CN1C(=O)[C@@H](N(C(=O)O)C(C)(C)C)C(C)(C)C)C2(C)C)c1ccccc1. The number of nitrogens with one attached hydrogen (secondary N) is 3. The zero-order valence-corrected chi connectivity index (χ0v) is 32.1. The van der Waals surface area contributed by atoms with Crippen molar-refractivity contribution in [3.8, 4) is 0 Å². The smallest absolute Gasteiger partial charge is 0.408 e. The quantitative estimate of drug-likeness (QED) is 0.224. The Morgan fingerprint density at radius 3 is 2.04 bits per heavy atom. The second kappa shape index (κ2) is 14.9. The number of ketones is 1. The molecule has 6 atom stereocenters. The van der Waals surface area contributed by atoms with E-state index in [1.807, 2.05) is 13.8 Å². The van der Waals surface area contributed by atoms with Gasteiger partial charge in [-0.1, -0.05) is 77.8 Å². The van der Waals surface area contributed by atoms with Crippen LogP contribution >= 0.6 is 0 Å². The topological polar surface area (TPSA) is 186 Å². The lowest BCUT2D eigenvalue weighted by atomic mass is 9.82. The first kappa shape index (κ1) is 40.3. The largest absolute Gasteiger partial charge is 0.465 e. The molecule has 0 aromatic heterocycles. The molecule has 0 bridgehead atoms. The molecular weight excluding hydrogens is 668 g/mol. The number of nitrogens with zero attached hydrogens (tertiary/aromatic N) is 3. The van der Waals surface area contributed by atoms with Crippen LogP contribution in [-0.4, -0.2) is 112 Å². The molecule has 2 saturated carbocycles. The molecule has 2 aliphatic carbocycles. The number of likely N-dealkylation sites (N-methyl/N-ethyl adjacent to an activating group) is 1. The minimum absolute atomic E-state index is 0.000725. The van der Waals surface area contributed by atoms with Crippen LogP contribution < -0.4 is 16.0 Å². The summed E-state index contributed by atoms with van der Waals surface area (Å²) in [5.41, 5.74) is -1.46. The first-order valence-corrected chi connectivity index (χ1v) is 18.0. The van der Waals surface area contributed by atoms with E-state index in [0.29, 0.717) is 5.56 Å². The number of hydrogen-bond donors (Lipinski definition) is 4. The molecule has 0 radical (unpaired) electrons. The van der Waals surface area contributed by atoms with Crippen molar-refractivity contribution in [2.45, 2.75) is 104 Å². The first-order chi connectivity index (χ1) is 24.0. The van der Waals surface area contributed by atoms with E-state index in [1.165, 1.54) is 9.80 Å². The Labute approximate surface area is 306 Å². The maximum Gasteiger partial charge on any atom is 0.408 e. The van der Waals surface area contributed by atoms with Crippen LogP contribution in [0.4, 0.5) is 4.79 Å². The van der Waals surface area contributed by atoms with Gasteiger partial charge in [0.05, 0.1) is 12.6 Å². The highest BCUT2D eigenvalue weighted by atomic mass is 16.4. The Morgan fingerprint density at radius 1 is 0.942 bits per heavy atom. The molecule has 14 heteroatoms. The predicted octanol–water partition coefficient (Wildman–Crippen LogP) is 2.58. The molecule has 3 aliphatic rings. The predicted molar refractivity (Wildman–Crippen MR) is 192 cm³/mol. The summed E-state index contributed by atoms with van der Waals surface area (Å²) >= 11 is 0. The van der Waals surface area contributed by atoms with E-state index in [0.717, 1.165) is 17.7 Å². The summed E-state index contributed by atoms with van der Waals surface area (Å²) in [6.07, 6.45) is 0.640. The number of rotatable bonds is 13. The van der Waals surface area contributed by atoms with Gasteiger partial charge in [0.2, 0.25) is 29.4 Å². The van der Waals surface area contributed by atoms with Crippen molar-refractivity contribution in [1.29, 1.82) is 0 Å². The number of Topliss-reactive ketones (excluding diaryl/α,β-unsaturated/α-hetero) is 1. The average Bonchev–Trinajstić information content (AvgIpc) is 3.90. The highest BCUT2D eigenvalue weighted by Crippen LogP contribution is 2.65. The van der Waals surface area contributed by atoms with E-state index in [2.05, 4.69) is 16.0 Å². The van der Waals surface area contributed by atoms with Crippen molar-refractivity contribution in [3.63, 3.8) is 0 Å². The van der Waals surface area contributed by atoms with Crippen LogP contribution in [0.25, 0.3) is 0 Å². The number of likely N-dealkylation sites (tertiary alicyclic amines) is 1. The summed E-state index contributed by atoms with van der Waals surface area (Å²) in [6, 6.07) is 4.36. The maximum absolute atomic E-state index is 14.4. The van der Waals surface area contributed by atoms with Crippen molar-refractivity contribution in [3.05, 3.63) is 35.9 Å². The number of fused-ring (bicyclic) bond motifs is 1. The molecular formula is C38H56N6O8. The molecule has 1 saturated heterocycles. The summed E-state index contributed by atoms with van der Waals surface area (Å²) in [7, 11) is 3.12. The lowest BCUT2D eigenvalue weighted by Gasteiger charge is -2.46. The van der Waals surface area contributed by atoms with Crippen LogP contribution in [0.3, 0.4) is 0 Å². The normalized spacial score (nSPS) is 22.2. The Bertz CT molecular complexity index is 1580. The third kappa shape index (κ3) is 8.75. The fraction of sp³-hybridized carbons (Fsp3) is 0.658. The first-order valence-electron chi connectivity index (χ1n) is 18.0. The van der Waals surface area contributed by atoms with E-state index < -0.39 is 77.2 Å². The Morgan fingerprint density at radius 2 is 1.54 bits per heavy atom. The van der Waals surface area contributed by atoms with E-state index >= 15 is 0 Å². The fourth-order valence-corrected chi connectivity index (χ4v) is 7.61. The van der Waals surface area contributed by atoms with Gasteiger partial charge in [0.15, 0.2) is 0 Å². The van der Waals surface area contributed by atoms with Crippen LogP contribution in [0.1, 0.15) is 86.3 Å². The number of benzene rings is 1. The van der Waals surface area contributed by atoms with Crippen LogP contribution in [0, 0.1) is 28.6 Å². The molecule has 1 aliphatic heterocycles. The van der Waals surface area contributed by atoms with Crippen molar-refractivity contribution in [2.24, 2.45) is 28.6 Å². The van der Waals surface area contributed by atoms with Crippen LogP contribution in [0.5, 0.6) is 0 Å². The number of carbonyl (C=O) groups is 7. The second-order valence-corrected chi connectivity index (χ2v) is 17.4. The lowest BCUT2D eigenvalue weighted by Crippen LogP contribution is -2.64. The summed E-state index contributed by atoms with van der Waals surface area (Å²) in [6.45, 7) is 14.2. The van der Waals surface area contributed by atoms with E-state index in [-0.39, 0.29) is 42.0 Å². The molecule has 52 heavy (non-hydrogen) atoms. The zero-order chi connectivity index (χ0) is 39.1. The third-order valence-corrected chi connectivity index (χ3v) is 10.7. The van der Waals surface area contributed by atoms with Gasteiger partial charge in [-0.25, -0.2) is 4.79 Å². The van der Waals surface area contributed by atoms with Crippen LogP contribution in [0.2, 0.25) is 0 Å². The fourth-order valence-electron chi connectivity index (χ4n) is 7.61. The molecule has 1 aromatic rings. The molecule has 4 rings (SSSR count). The number of amides is 6. The van der Waals surface area contributed by atoms with Gasteiger partial charge in [-0.2, -0.15) is 0 Å². The number of hydrogen-bond acceptors (Lipinski definition) is 7. The Balaban J connectivity index is 1.50. The Kier molecular flexibility index (Phi) is 11.5. The Hall–Kier alpha value is -4.49. The van der Waals surface area contributed by atoms with E-state index in [4.69, 9.17) is 0 Å². The highest BCUT2D eigenvalue weighted by molar-refractivity contribution is 6.38. The van der Waals surface area contributed by atoms with E-state index in [1.54, 1.807) is 86.0 Å². The van der Waals surface area contributed by atoms with Gasteiger partial charge in [-0.3, -0.25) is 33.7 Å². The van der Waals surface area contributed by atoms with Gasteiger partial charge in [0.25, 0.3) is 5.91 Å². The molecule has 14 nitrogen and oxygen atoms in total. The molecule has 286 valence electrons. The molecule has 1 heterocycles. The molecule has 2 unspecified atom stereocenters. The van der Waals surface area contributed by atoms with Crippen LogP contribution in [-0.2, 0) is 28.8 Å². The second-order valence-electron chi connectivity index (χ2n) is 17.4. The van der Waals surface area contributed by atoms with Crippen molar-refractivity contribution in [2.75, 3.05) is 27.2 Å². The van der Waals surface area contributed by atoms with Crippen molar-refractivity contribution < 1.29 is 38.7 Å². The van der Waals surface area contributed by atoms with Gasteiger partial charge >= 0.3 is 6.09 Å². The molecule has 1 aromatic carbocycles. The maximum atomic E-state index is 14.4. The standard InChI is InChI=1S/C38H56N6O8/c1-36(2,3)30(44(35(51)52)37(4,5)6)34(50)43-20-23-26(38(23,7)8)28(43)31(47)40-24(18-21-16-17-21)29(46)32(48)39-19-25(45)41-27(33(49)42(9)10)22-14-12-11-13-15-22/h11-15,21,23-24,26-28,30H,16-20H2,1-10H3,(H,39,48)(H,40,47)(H,41,45)(H,51,52)/t23-,24?,26-,27-,28?,30+/m0/s1. The van der Waals surface area contributed by atoms with Gasteiger partial charge in [-0.15, -0.1) is 0 Å². The molecule has 6 amide bonds. The van der Waals surface area contributed by atoms with Gasteiger partial charge in [0.1, 0.15) is 18.1 Å². The number of piperidine rings is 1. The third-order valence-electron chi connectivity index (χ3n) is 10.7.